The van der Waals surface area contributed by atoms with E-state index in [1.54, 1.807) is 0 Å². The number of nitrogens with zero attached hydrogens (tertiary/aromatic N) is 2. The minimum atomic E-state index is -0.403. The van der Waals surface area contributed by atoms with Crippen LogP contribution in [0.25, 0.3) is 0 Å². The van der Waals surface area contributed by atoms with E-state index in [2.05, 4.69) is 15.4 Å². The summed E-state index contributed by atoms with van der Waals surface area (Å²) in [6.45, 7) is 0. The molecule has 0 aliphatic carbocycles. The Labute approximate surface area is 56.7 Å². The SMILES string of the molecule is Cl.Nc1cnn[nH]c1=O. The van der Waals surface area contributed by atoms with E-state index in [9.17, 15) is 4.79 Å². The highest BCUT2D eigenvalue weighted by molar-refractivity contribution is 5.85. The van der Waals surface area contributed by atoms with Crippen molar-refractivity contribution < 1.29 is 0 Å². The Morgan fingerprint density at radius 1 is 1.67 bits per heavy atom. The first kappa shape index (κ1) is 7.90. The van der Waals surface area contributed by atoms with Gasteiger partial charge in [0.15, 0.2) is 0 Å². The normalized spacial score (nSPS) is 8.00. The maximum atomic E-state index is 10.3. The number of aromatic amines is 1. The van der Waals surface area contributed by atoms with Crippen molar-refractivity contribution in [2.24, 2.45) is 0 Å². The molecule has 0 aliphatic rings. The highest BCUT2D eigenvalue weighted by atomic mass is 35.5. The summed E-state index contributed by atoms with van der Waals surface area (Å²) < 4.78 is 0. The number of halogens is 1. The van der Waals surface area contributed by atoms with Crippen molar-refractivity contribution in [1.82, 2.24) is 15.4 Å². The summed E-state index contributed by atoms with van der Waals surface area (Å²) in [6, 6.07) is 0. The Morgan fingerprint density at radius 3 is 2.67 bits per heavy atom. The molecule has 3 N–H and O–H groups in total. The number of nitrogen functional groups attached to an aromatic ring is 1. The van der Waals surface area contributed by atoms with E-state index in [1.807, 2.05) is 0 Å². The van der Waals surface area contributed by atoms with Gasteiger partial charge in [0.1, 0.15) is 5.69 Å². The second-order valence-electron chi connectivity index (χ2n) is 1.24. The second kappa shape index (κ2) is 3.03. The van der Waals surface area contributed by atoms with E-state index in [0.717, 1.165) is 0 Å². The lowest BCUT2D eigenvalue weighted by Crippen LogP contribution is -2.13. The number of hydrogen-bond acceptors (Lipinski definition) is 4. The van der Waals surface area contributed by atoms with Crippen LogP contribution in [0.4, 0.5) is 5.69 Å². The predicted octanol–water partition coefficient (Wildman–Crippen LogP) is -0.831. The molecule has 0 amide bonds. The zero-order valence-electron chi connectivity index (χ0n) is 4.37. The van der Waals surface area contributed by atoms with Crippen molar-refractivity contribution in [3.63, 3.8) is 0 Å². The average molecular weight is 149 g/mol. The molecular formula is C3H5ClN4O. The summed E-state index contributed by atoms with van der Waals surface area (Å²) in [5, 5.41) is 8.55. The number of hydrogen-bond donors (Lipinski definition) is 2. The van der Waals surface area contributed by atoms with Crippen molar-refractivity contribution in [2.75, 3.05) is 5.73 Å². The van der Waals surface area contributed by atoms with Crippen molar-refractivity contribution in [3.05, 3.63) is 16.6 Å². The molecule has 50 valence electrons. The molecule has 0 aromatic carbocycles. The van der Waals surface area contributed by atoms with Crippen LogP contribution >= 0.6 is 12.4 Å². The fourth-order valence-corrected chi connectivity index (χ4v) is 0.289. The average Bonchev–Trinajstić information content (AvgIpc) is 1.77. The molecule has 0 spiro atoms. The van der Waals surface area contributed by atoms with Crippen LogP contribution in [0, 0.1) is 0 Å². The summed E-state index contributed by atoms with van der Waals surface area (Å²) in [5.41, 5.74) is 4.75. The van der Waals surface area contributed by atoms with Crippen LogP contribution in [0.2, 0.25) is 0 Å². The number of nitrogens with two attached hydrogens (primary N) is 1. The van der Waals surface area contributed by atoms with Gasteiger partial charge in [-0.3, -0.25) is 4.79 Å². The van der Waals surface area contributed by atoms with Crippen LogP contribution in [-0.2, 0) is 0 Å². The Bertz CT molecular complexity index is 233. The number of H-pyrrole nitrogens is 1. The van der Waals surface area contributed by atoms with Crippen LogP contribution in [-0.4, -0.2) is 15.4 Å². The van der Waals surface area contributed by atoms with E-state index in [1.165, 1.54) is 6.20 Å². The van der Waals surface area contributed by atoms with Crippen LogP contribution in [0.3, 0.4) is 0 Å². The molecular weight excluding hydrogens is 144 g/mol. The summed E-state index contributed by atoms with van der Waals surface area (Å²) >= 11 is 0. The summed E-state index contributed by atoms with van der Waals surface area (Å²) in [7, 11) is 0. The number of aromatic nitrogens is 3. The maximum absolute atomic E-state index is 10.3. The standard InChI is InChI=1S/C3H4N4O.ClH/c4-2-1-5-7-6-3(2)8;/h1H,(H2,4,7)(H,5,6,8);1H. The maximum Gasteiger partial charge on any atom is 0.290 e. The van der Waals surface area contributed by atoms with Gasteiger partial charge >= 0.3 is 0 Å². The van der Waals surface area contributed by atoms with Crippen molar-refractivity contribution >= 4 is 18.1 Å². The molecule has 0 bridgehead atoms. The lowest BCUT2D eigenvalue weighted by atomic mass is 10.6. The van der Waals surface area contributed by atoms with Gasteiger partial charge in [-0.05, 0) is 0 Å². The Hall–Kier alpha value is -1.10. The first-order chi connectivity index (χ1) is 3.80. The Kier molecular flexibility index (Phi) is 2.66. The summed E-state index contributed by atoms with van der Waals surface area (Å²) in [4.78, 5) is 10.3. The smallest absolute Gasteiger partial charge is 0.290 e. The first-order valence-electron chi connectivity index (χ1n) is 1.96. The van der Waals surface area contributed by atoms with Crippen LogP contribution in [0.5, 0.6) is 0 Å². The van der Waals surface area contributed by atoms with E-state index in [-0.39, 0.29) is 18.1 Å². The fraction of sp³-hybridized carbons (Fsp3) is 0. The van der Waals surface area contributed by atoms with Gasteiger partial charge in [-0.25, -0.2) is 5.10 Å². The van der Waals surface area contributed by atoms with E-state index in [4.69, 9.17) is 5.73 Å². The molecule has 0 saturated heterocycles. The topological polar surface area (TPSA) is 84.7 Å². The summed E-state index contributed by atoms with van der Waals surface area (Å²) in [6.07, 6.45) is 1.19. The molecule has 1 rings (SSSR count). The molecule has 0 aliphatic heterocycles. The van der Waals surface area contributed by atoms with E-state index >= 15 is 0 Å². The van der Waals surface area contributed by atoms with E-state index < -0.39 is 5.56 Å². The summed E-state index contributed by atoms with van der Waals surface area (Å²) in [5.74, 6) is 0. The zero-order chi connectivity index (χ0) is 5.98. The number of rotatable bonds is 0. The highest BCUT2D eigenvalue weighted by Gasteiger charge is 1.86. The minimum absolute atomic E-state index is 0. The van der Waals surface area contributed by atoms with Crippen LogP contribution < -0.4 is 11.3 Å². The quantitative estimate of drug-likeness (QED) is 0.503. The number of nitrogens with one attached hydrogen (secondary N) is 1. The Morgan fingerprint density at radius 2 is 2.33 bits per heavy atom. The molecule has 9 heavy (non-hydrogen) atoms. The highest BCUT2D eigenvalue weighted by Crippen LogP contribution is 1.77. The third-order valence-corrected chi connectivity index (χ3v) is 0.668. The molecule has 6 heteroatoms. The molecule has 1 heterocycles. The van der Waals surface area contributed by atoms with Crippen LogP contribution in [0.1, 0.15) is 0 Å². The van der Waals surface area contributed by atoms with Crippen molar-refractivity contribution in [3.8, 4) is 0 Å². The van der Waals surface area contributed by atoms with Gasteiger partial charge in [0.25, 0.3) is 5.56 Å². The molecule has 5 nitrogen and oxygen atoms in total. The zero-order valence-corrected chi connectivity index (χ0v) is 5.18. The van der Waals surface area contributed by atoms with Gasteiger partial charge in [0, 0.05) is 0 Å². The largest absolute Gasteiger partial charge is 0.393 e. The molecule has 1 aromatic heterocycles. The van der Waals surface area contributed by atoms with Gasteiger partial charge in [-0.2, -0.15) is 0 Å². The lowest BCUT2D eigenvalue weighted by molar-refractivity contribution is 0.845. The molecule has 0 saturated carbocycles. The lowest BCUT2D eigenvalue weighted by Gasteiger charge is -1.82. The van der Waals surface area contributed by atoms with Gasteiger partial charge in [0.2, 0.25) is 0 Å². The number of anilines is 1. The first-order valence-corrected chi connectivity index (χ1v) is 1.96. The van der Waals surface area contributed by atoms with Gasteiger partial charge in [-0.1, -0.05) is 5.21 Å². The molecule has 0 fully saturated rings. The fourth-order valence-electron chi connectivity index (χ4n) is 0.289. The monoisotopic (exact) mass is 148 g/mol. The minimum Gasteiger partial charge on any atom is -0.393 e. The van der Waals surface area contributed by atoms with Gasteiger partial charge in [-0.15, -0.1) is 17.5 Å². The van der Waals surface area contributed by atoms with Gasteiger partial charge < -0.3 is 5.73 Å². The third kappa shape index (κ3) is 1.69. The second-order valence-corrected chi connectivity index (χ2v) is 1.24. The van der Waals surface area contributed by atoms with Crippen molar-refractivity contribution in [2.45, 2.75) is 0 Å². The molecule has 1 aromatic rings. The molecule has 0 radical (unpaired) electrons. The van der Waals surface area contributed by atoms with Crippen LogP contribution in [0.15, 0.2) is 11.0 Å². The van der Waals surface area contributed by atoms with Gasteiger partial charge in [0.05, 0.1) is 6.20 Å². The molecule has 0 atom stereocenters. The predicted molar refractivity (Wildman–Crippen MR) is 34.3 cm³/mol. The molecule has 0 unspecified atom stereocenters. The third-order valence-electron chi connectivity index (χ3n) is 0.668. The van der Waals surface area contributed by atoms with Crippen molar-refractivity contribution in [1.29, 1.82) is 0 Å². The Balaban J connectivity index is 0.000000640. The van der Waals surface area contributed by atoms with E-state index in [0.29, 0.717) is 0 Å².